The zero-order valence-corrected chi connectivity index (χ0v) is 19.6. The van der Waals surface area contributed by atoms with Gasteiger partial charge in [-0.15, -0.1) is 0 Å². The van der Waals surface area contributed by atoms with Gasteiger partial charge in [0.05, 0.1) is 29.9 Å². The molecule has 5 nitrogen and oxygen atoms in total. The van der Waals surface area contributed by atoms with E-state index >= 15 is 0 Å². The Morgan fingerprint density at radius 1 is 0.974 bits per heavy atom. The second-order valence-corrected chi connectivity index (χ2v) is 8.96. The van der Waals surface area contributed by atoms with E-state index in [4.69, 9.17) is 12.3 Å². The summed E-state index contributed by atoms with van der Waals surface area (Å²) >= 11 is 0. The Labute approximate surface area is 213 Å². The van der Waals surface area contributed by atoms with Crippen LogP contribution in [0.5, 0.6) is 0 Å². The van der Waals surface area contributed by atoms with Crippen LogP contribution in [0, 0.1) is 18.2 Å². The fraction of sp³-hybridized carbons (Fsp3) is 0.222. The molecule has 0 saturated carbocycles. The van der Waals surface area contributed by atoms with Crippen LogP contribution in [0.1, 0.15) is 12.0 Å². The summed E-state index contributed by atoms with van der Waals surface area (Å²) in [7, 11) is 0. The molecule has 0 amide bonds. The van der Waals surface area contributed by atoms with Gasteiger partial charge in [-0.3, -0.25) is 0 Å². The second-order valence-electron chi connectivity index (χ2n) is 8.96. The minimum absolute atomic E-state index is 0.0701. The van der Waals surface area contributed by atoms with Gasteiger partial charge in [-0.1, -0.05) is 24.3 Å². The van der Waals surface area contributed by atoms with Gasteiger partial charge < -0.3 is 10.6 Å². The zero-order chi connectivity index (χ0) is 27.2. The molecule has 4 aromatic rings. The summed E-state index contributed by atoms with van der Waals surface area (Å²) in [4.78, 5) is 13.7. The number of halogens is 6. The van der Waals surface area contributed by atoms with Crippen LogP contribution < -0.4 is 10.6 Å². The zero-order valence-electron chi connectivity index (χ0n) is 19.6. The molecule has 1 aliphatic heterocycles. The van der Waals surface area contributed by atoms with Gasteiger partial charge in [0.2, 0.25) is 11.6 Å². The molecule has 2 atom stereocenters. The highest BCUT2D eigenvalue weighted by molar-refractivity contribution is 5.96. The van der Waals surface area contributed by atoms with E-state index < -0.39 is 41.2 Å². The highest BCUT2D eigenvalue weighted by Gasteiger charge is 2.35. The predicted molar refractivity (Wildman–Crippen MR) is 131 cm³/mol. The van der Waals surface area contributed by atoms with Crippen molar-refractivity contribution in [3.05, 3.63) is 83.2 Å². The predicted octanol–water partition coefficient (Wildman–Crippen LogP) is 6.69. The molecule has 2 N–H and O–H groups in total. The van der Waals surface area contributed by atoms with Crippen molar-refractivity contribution in [2.75, 3.05) is 18.0 Å². The first-order chi connectivity index (χ1) is 18.1. The molecular weight excluding hydrogens is 508 g/mol. The van der Waals surface area contributed by atoms with Gasteiger partial charge in [-0.25, -0.2) is 28.0 Å². The largest absolute Gasteiger partial charge is 0.417 e. The van der Waals surface area contributed by atoms with Gasteiger partial charge >= 0.3 is 6.18 Å². The molecule has 194 valence electrons. The maximum atomic E-state index is 14.7. The SMILES string of the molecule is [C-]#[N+]c1ccc(-c2nc(N3CC[C@H](N)[C@@H](F)C3)nc3ccc(-c4c(F)cccc4C(F)(F)F)cc23)cc1F. The first-order valence-electron chi connectivity index (χ1n) is 11.6. The van der Waals surface area contributed by atoms with Crippen LogP contribution in [0.3, 0.4) is 0 Å². The lowest BCUT2D eigenvalue weighted by Gasteiger charge is -2.33. The third kappa shape index (κ3) is 4.63. The number of piperidine rings is 1. The van der Waals surface area contributed by atoms with Crippen LogP contribution in [-0.2, 0) is 6.18 Å². The Morgan fingerprint density at radius 3 is 2.42 bits per heavy atom. The molecule has 1 fully saturated rings. The van der Waals surface area contributed by atoms with Crippen molar-refractivity contribution in [2.24, 2.45) is 5.73 Å². The molecule has 0 radical (unpaired) electrons. The Hall–Kier alpha value is -4.17. The molecule has 3 aromatic carbocycles. The van der Waals surface area contributed by atoms with Crippen LogP contribution in [0.2, 0.25) is 0 Å². The molecule has 5 rings (SSSR count). The summed E-state index contributed by atoms with van der Waals surface area (Å²) in [5.74, 6) is -1.75. The summed E-state index contributed by atoms with van der Waals surface area (Å²) in [6.07, 6.45) is -5.79. The van der Waals surface area contributed by atoms with Crippen molar-refractivity contribution < 1.29 is 26.3 Å². The van der Waals surface area contributed by atoms with Crippen LogP contribution in [-0.4, -0.2) is 35.3 Å². The smallest absolute Gasteiger partial charge is 0.338 e. The molecular formula is C27H19F6N5. The van der Waals surface area contributed by atoms with Gasteiger partial charge in [0.1, 0.15) is 17.8 Å². The average molecular weight is 527 g/mol. The van der Waals surface area contributed by atoms with Gasteiger partial charge in [-0.2, -0.15) is 13.2 Å². The Morgan fingerprint density at radius 2 is 1.74 bits per heavy atom. The summed E-state index contributed by atoms with van der Waals surface area (Å²) < 4.78 is 84.8. The monoisotopic (exact) mass is 527 g/mol. The fourth-order valence-corrected chi connectivity index (χ4v) is 4.54. The second kappa shape index (κ2) is 9.61. The number of nitrogens with two attached hydrogens (primary N) is 1. The molecule has 38 heavy (non-hydrogen) atoms. The summed E-state index contributed by atoms with van der Waals surface area (Å²) in [5, 5.41) is 0.225. The minimum Gasteiger partial charge on any atom is -0.338 e. The highest BCUT2D eigenvalue weighted by atomic mass is 19.4. The Kier molecular flexibility index (Phi) is 6.44. The van der Waals surface area contributed by atoms with E-state index in [-0.39, 0.29) is 45.9 Å². The number of nitrogens with zero attached hydrogens (tertiary/aromatic N) is 4. The van der Waals surface area contributed by atoms with Gasteiger partial charge in [-0.05, 0) is 42.3 Å². The molecule has 0 aliphatic carbocycles. The number of benzene rings is 3. The van der Waals surface area contributed by atoms with Crippen molar-refractivity contribution in [3.63, 3.8) is 0 Å². The van der Waals surface area contributed by atoms with Gasteiger partial charge in [0.15, 0.2) is 0 Å². The quantitative estimate of drug-likeness (QED) is 0.238. The van der Waals surface area contributed by atoms with E-state index in [0.717, 1.165) is 24.3 Å². The summed E-state index contributed by atoms with van der Waals surface area (Å²) in [6, 6.07) is 9.89. The van der Waals surface area contributed by atoms with Crippen LogP contribution in [0.25, 0.3) is 38.1 Å². The summed E-state index contributed by atoms with van der Waals surface area (Å²) in [6.45, 7) is 7.38. The molecule has 0 unspecified atom stereocenters. The fourth-order valence-electron chi connectivity index (χ4n) is 4.54. The topological polar surface area (TPSA) is 59.4 Å². The molecule has 1 aromatic heterocycles. The van der Waals surface area contributed by atoms with Crippen LogP contribution in [0.15, 0.2) is 54.6 Å². The number of alkyl halides is 4. The maximum absolute atomic E-state index is 14.7. The van der Waals surface area contributed by atoms with E-state index in [1.165, 1.54) is 30.3 Å². The average Bonchev–Trinajstić information content (AvgIpc) is 2.88. The lowest BCUT2D eigenvalue weighted by Crippen LogP contribution is -2.49. The number of rotatable bonds is 3. The van der Waals surface area contributed by atoms with Crippen LogP contribution in [0.4, 0.5) is 38.0 Å². The molecule has 1 aliphatic rings. The number of aromatic nitrogens is 2. The molecule has 0 spiro atoms. The Bertz CT molecular complexity index is 1580. The lowest BCUT2D eigenvalue weighted by molar-refractivity contribution is -0.137. The molecule has 2 heterocycles. The standard InChI is InChI=1S/C27H19F6N5/c1-35-23-8-6-15(12-19(23)29)25-16-11-14(24-17(27(31,32)33)3-2-4-18(24)28)5-7-22(16)36-26(37-25)38-10-9-21(34)20(30)13-38/h2-8,11-12,20-21H,9-10,13,34H2/t20-,21-/m0/s1. The van der Waals surface area contributed by atoms with Gasteiger partial charge in [0.25, 0.3) is 0 Å². The number of hydrogen-bond acceptors (Lipinski definition) is 4. The first-order valence-corrected chi connectivity index (χ1v) is 11.6. The van der Waals surface area contributed by atoms with Crippen molar-refractivity contribution in [1.29, 1.82) is 0 Å². The normalized spacial score (nSPS) is 18.0. The third-order valence-corrected chi connectivity index (χ3v) is 6.51. The molecule has 11 heteroatoms. The number of fused-ring (bicyclic) bond motifs is 1. The summed E-state index contributed by atoms with van der Waals surface area (Å²) in [5.41, 5.74) is 4.32. The number of anilines is 1. The minimum atomic E-state index is -4.81. The van der Waals surface area contributed by atoms with E-state index in [2.05, 4.69) is 14.8 Å². The number of hydrogen-bond donors (Lipinski definition) is 1. The lowest BCUT2D eigenvalue weighted by atomic mass is 9.96. The first kappa shape index (κ1) is 25.5. The van der Waals surface area contributed by atoms with Crippen molar-refractivity contribution >= 4 is 22.5 Å². The van der Waals surface area contributed by atoms with Gasteiger partial charge in [0, 0.05) is 29.1 Å². The van der Waals surface area contributed by atoms with E-state index in [1.807, 2.05) is 0 Å². The highest BCUT2D eigenvalue weighted by Crippen LogP contribution is 2.40. The van der Waals surface area contributed by atoms with E-state index in [0.29, 0.717) is 13.0 Å². The van der Waals surface area contributed by atoms with Crippen molar-refractivity contribution in [1.82, 2.24) is 9.97 Å². The van der Waals surface area contributed by atoms with Crippen molar-refractivity contribution in [2.45, 2.75) is 24.8 Å². The Balaban J connectivity index is 1.74. The van der Waals surface area contributed by atoms with E-state index in [9.17, 15) is 26.3 Å². The third-order valence-electron chi connectivity index (χ3n) is 6.51. The van der Waals surface area contributed by atoms with E-state index in [1.54, 1.807) is 4.90 Å². The van der Waals surface area contributed by atoms with Crippen molar-refractivity contribution in [3.8, 4) is 22.4 Å². The molecule has 1 saturated heterocycles. The maximum Gasteiger partial charge on any atom is 0.417 e. The van der Waals surface area contributed by atoms with Crippen LogP contribution >= 0.6 is 0 Å². The molecule has 0 bridgehead atoms.